The van der Waals surface area contributed by atoms with Crippen molar-refractivity contribution in [3.63, 3.8) is 0 Å². The van der Waals surface area contributed by atoms with Gasteiger partial charge in [0.2, 0.25) is 0 Å². The number of carbonyl (C=O) groups excluding carboxylic acids is 1. The maximum absolute atomic E-state index is 13.1. The highest BCUT2D eigenvalue weighted by Gasteiger charge is 2.08. The second kappa shape index (κ2) is 7.41. The summed E-state index contributed by atoms with van der Waals surface area (Å²) in [5.41, 5.74) is 1.88. The zero-order valence-corrected chi connectivity index (χ0v) is 12.9. The molecule has 0 spiro atoms. The summed E-state index contributed by atoms with van der Waals surface area (Å²) < 4.78 is 25.9. The largest absolute Gasteiger partial charge is 0.377 e. The number of nitrogens with one attached hydrogen (secondary N) is 1. The number of hydrogen-bond donors (Lipinski definition) is 1. The van der Waals surface area contributed by atoms with Crippen LogP contribution in [0.4, 0.5) is 14.5 Å². The molecule has 2 aromatic carbocycles. The highest BCUT2D eigenvalue weighted by Crippen LogP contribution is 2.16. The standard InChI is InChI=1S/C18H16F2N2O/c1-22(2)17-8-4-3-6-13(17)7-5-11-21-18(23)14-9-10-15(19)16(20)12-14/h3-4,6,8-10,12H,11H2,1-2H3,(H,21,23). The maximum atomic E-state index is 13.1. The van der Waals surface area contributed by atoms with Crippen LogP contribution in [0.15, 0.2) is 42.5 Å². The van der Waals surface area contributed by atoms with Crippen molar-refractivity contribution in [3.8, 4) is 11.8 Å². The zero-order chi connectivity index (χ0) is 16.8. The molecule has 0 saturated carbocycles. The van der Waals surface area contributed by atoms with E-state index in [1.165, 1.54) is 6.07 Å². The number of hydrogen-bond acceptors (Lipinski definition) is 2. The van der Waals surface area contributed by atoms with Crippen LogP contribution in [0.1, 0.15) is 15.9 Å². The van der Waals surface area contributed by atoms with Crippen LogP contribution in [0, 0.1) is 23.5 Å². The fourth-order valence-corrected chi connectivity index (χ4v) is 1.97. The van der Waals surface area contributed by atoms with Crippen LogP contribution >= 0.6 is 0 Å². The van der Waals surface area contributed by atoms with Gasteiger partial charge in [-0.05, 0) is 30.3 Å². The molecule has 23 heavy (non-hydrogen) atoms. The van der Waals surface area contributed by atoms with Gasteiger partial charge in [0, 0.05) is 25.2 Å². The van der Waals surface area contributed by atoms with Crippen LogP contribution in [-0.2, 0) is 0 Å². The highest BCUT2D eigenvalue weighted by molar-refractivity contribution is 5.94. The Bertz CT molecular complexity index is 776. The minimum atomic E-state index is -1.05. The van der Waals surface area contributed by atoms with Crippen LogP contribution in [0.25, 0.3) is 0 Å². The van der Waals surface area contributed by atoms with Crippen LogP contribution in [0.5, 0.6) is 0 Å². The van der Waals surface area contributed by atoms with Gasteiger partial charge in [-0.25, -0.2) is 8.78 Å². The second-order valence-electron chi connectivity index (χ2n) is 5.02. The van der Waals surface area contributed by atoms with E-state index in [-0.39, 0.29) is 12.1 Å². The molecule has 0 atom stereocenters. The predicted octanol–water partition coefficient (Wildman–Crippen LogP) is 2.81. The van der Waals surface area contributed by atoms with Gasteiger partial charge < -0.3 is 10.2 Å². The van der Waals surface area contributed by atoms with E-state index >= 15 is 0 Å². The van der Waals surface area contributed by atoms with Crippen molar-refractivity contribution in [1.29, 1.82) is 0 Å². The molecule has 0 aliphatic heterocycles. The van der Waals surface area contributed by atoms with Gasteiger partial charge in [0.15, 0.2) is 11.6 Å². The summed E-state index contributed by atoms with van der Waals surface area (Å²) in [5, 5.41) is 2.55. The number of para-hydroxylation sites is 1. The van der Waals surface area contributed by atoms with E-state index in [1.54, 1.807) is 0 Å². The van der Waals surface area contributed by atoms with E-state index in [9.17, 15) is 13.6 Å². The smallest absolute Gasteiger partial charge is 0.252 e. The lowest BCUT2D eigenvalue weighted by Gasteiger charge is -2.13. The van der Waals surface area contributed by atoms with Gasteiger partial charge in [0.05, 0.1) is 12.2 Å². The van der Waals surface area contributed by atoms with Crippen molar-refractivity contribution in [2.75, 3.05) is 25.5 Å². The van der Waals surface area contributed by atoms with E-state index < -0.39 is 17.5 Å². The fourth-order valence-electron chi connectivity index (χ4n) is 1.97. The van der Waals surface area contributed by atoms with E-state index in [1.807, 2.05) is 43.3 Å². The third-order valence-corrected chi connectivity index (χ3v) is 3.13. The molecule has 0 saturated heterocycles. The Hall–Kier alpha value is -2.87. The molecular weight excluding hydrogens is 298 g/mol. The monoisotopic (exact) mass is 314 g/mol. The first-order chi connectivity index (χ1) is 11.0. The Morgan fingerprint density at radius 2 is 1.87 bits per heavy atom. The topological polar surface area (TPSA) is 32.3 Å². The molecule has 0 unspecified atom stereocenters. The molecule has 118 valence electrons. The van der Waals surface area contributed by atoms with Gasteiger partial charge in [-0.15, -0.1) is 0 Å². The van der Waals surface area contributed by atoms with Crippen LogP contribution in [0.3, 0.4) is 0 Å². The number of amides is 1. The first-order valence-electron chi connectivity index (χ1n) is 6.97. The Kier molecular flexibility index (Phi) is 5.32. The maximum Gasteiger partial charge on any atom is 0.252 e. The molecule has 2 rings (SSSR count). The van der Waals surface area contributed by atoms with Gasteiger partial charge >= 0.3 is 0 Å². The fraction of sp³-hybridized carbons (Fsp3) is 0.167. The normalized spacial score (nSPS) is 9.74. The molecule has 0 heterocycles. The van der Waals surface area contributed by atoms with Crippen molar-refractivity contribution in [2.45, 2.75) is 0 Å². The number of nitrogens with zero attached hydrogens (tertiary/aromatic N) is 1. The van der Waals surface area contributed by atoms with Crippen LogP contribution in [0.2, 0.25) is 0 Å². The number of rotatable bonds is 3. The van der Waals surface area contributed by atoms with E-state index in [0.717, 1.165) is 23.4 Å². The zero-order valence-electron chi connectivity index (χ0n) is 12.9. The summed E-state index contributed by atoms with van der Waals surface area (Å²) in [6.07, 6.45) is 0. The summed E-state index contributed by atoms with van der Waals surface area (Å²) in [4.78, 5) is 13.8. The average molecular weight is 314 g/mol. The van der Waals surface area contributed by atoms with Gasteiger partial charge in [-0.1, -0.05) is 24.0 Å². The molecule has 1 amide bonds. The van der Waals surface area contributed by atoms with Crippen molar-refractivity contribution in [1.82, 2.24) is 5.32 Å². The van der Waals surface area contributed by atoms with E-state index in [4.69, 9.17) is 0 Å². The number of halogens is 2. The first kappa shape index (κ1) is 16.5. The number of anilines is 1. The summed E-state index contributed by atoms with van der Waals surface area (Å²) in [6, 6.07) is 10.6. The Morgan fingerprint density at radius 1 is 1.13 bits per heavy atom. The van der Waals surface area contributed by atoms with E-state index in [0.29, 0.717) is 0 Å². The summed E-state index contributed by atoms with van der Waals surface area (Å²) in [5.74, 6) is 3.29. The van der Waals surface area contributed by atoms with Crippen LogP contribution < -0.4 is 10.2 Å². The third kappa shape index (κ3) is 4.30. The van der Waals surface area contributed by atoms with Gasteiger partial charge in [-0.2, -0.15) is 0 Å². The van der Waals surface area contributed by atoms with Crippen molar-refractivity contribution < 1.29 is 13.6 Å². The van der Waals surface area contributed by atoms with Gasteiger partial charge in [0.1, 0.15) is 0 Å². The predicted molar refractivity (Wildman–Crippen MR) is 86.3 cm³/mol. The van der Waals surface area contributed by atoms with E-state index in [2.05, 4.69) is 17.2 Å². The van der Waals surface area contributed by atoms with Crippen molar-refractivity contribution >= 4 is 11.6 Å². The Morgan fingerprint density at radius 3 is 2.57 bits per heavy atom. The first-order valence-corrected chi connectivity index (χ1v) is 6.97. The van der Waals surface area contributed by atoms with Crippen LogP contribution in [-0.4, -0.2) is 26.5 Å². The number of benzene rings is 2. The van der Waals surface area contributed by atoms with Crippen molar-refractivity contribution in [2.24, 2.45) is 0 Å². The molecule has 0 radical (unpaired) electrons. The minimum Gasteiger partial charge on any atom is -0.377 e. The summed E-state index contributed by atoms with van der Waals surface area (Å²) in [6.45, 7) is 0.111. The lowest BCUT2D eigenvalue weighted by molar-refractivity contribution is 0.0958. The molecule has 1 N–H and O–H groups in total. The Labute approximate surface area is 133 Å². The molecule has 0 aliphatic carbocycles. The quantitative estimate of drug-likeness (QED) is 0.884. The average Bonchev–Trinajstić information content (AvgIpc) is 2.54. The molecule has 2 aromatic rings. The SMILES string of the molecule is CN(C)c1ccccc1C#CCNC(=O)c1ccc(F)c(F)c1. The lowest BCUT2D eigenvalue weighted by Crippen LogP contribution is -2.23. The molecule has 0 bridgehead atoms. The molecule has 5 heteroatoms. The van der Waals surface area contributed by atoms with Crippen molar-refractivity contribution in [3.05, 3.63) is 65.2 Å². The molecule has 0 aromatic heterocycles. The lowest BCUT2D eigenvalue weighted by atomic mass is 10.1. The molecule has 3 nitrogen and oxygen atoms in total. The molecule has 0 aliphatic rings. The molecule has 0 fully saturated rings. The number of carbonyl (C=O) groups is 1. The van der Waals surface area contributed by atoms with Gasteiger partial charge in [-0.3, -0.25) is 4.79 Å². The molecular formula is C18H16F2N2O. The third-order valence-electron chi connectivity index (χ3n) is 3.13. The second-order valence-corrected chi connectivity index (χ2v) is 5.02. The Balaban J connectivity index is 2.00. The highest BCUT2D eigenvalue weighted by atomic mass is 19.2. The minimum absolute atomic E-state index is 0.0550. The van der Waals surface area contributed by atoms with Gasteiger partial charge in [0.25, 0.3) is 5.91 Å². The summed E-state index contributed by atoms with van der Waals surface area (Å²) in [7, 11) is 3.84. The summed E-state index contributed by atoms with van der Waals surface area (Å²) >= 11 is 0.